The summed E-state index contributed by atoms with van der Waals surface area (Å²) in [5.41, 5.74) is 2.23. The molecule has 104 valence electrons. The number of carbonyl (C=O) groups is 1. The predicted octanol–water partition coefficient (Wildman–Crippen LogP) is 5.71. The Morgan fingerprint density at radius 2 is 1.70 bits per heavy atom. The minimum absolute atomic E-state index is 0.357. The summed E-state index contributed by atoms with van der Waals surface area (Å²) in [6.07, 6.45) is 0. The van der Waals surface area contributed by atoms with Gasteiger partial charge in [0.2, 0.25) is 0 Å². The zero-order valence-electron chi connectivity index (χ0n) is 10.5. The monoisotopic (exact) mass is 372 g/mol. The highest BCUT2D eigenvalue weighted by atomic mass is 79.9. The normalized spacial score (nSPS) is 10.2. The number of amides is 2. The first kappa shape index (κ1) is 15.2. The molecule has 0 aliphatic carbocycles. The number of hydrogen-bond donors (Lipinski definition) is 2. The summed E-state index contributed by atoms with van der Waals surface area (Å²) < 4.78 is 0.893. The van der Waals surface area contributed by atoms with Crippen LogP contribution >= 0.6 is 39.1 Å². The molecule has 2 aromatic rings. The van der Waals surface area contributed by atoms with Crippen LogP contribution in [-0.2, 0) is 0 Å². The van der Waals surface area contributed by atoms with Crippen LogP contribution in [0.1, 0.15) is 5.56 Å². The molecular formula is C14H11BrCl2N2O. The number of benzene rings is 2. The molecule has 20 heavy (non-hydrogen) atoms. The highest BCUT2D eigenvalue weighted by Gasteiger charge is 2.06. The second kappa shape index (κ2) is 6.48. The molecule has 0 spiro atoms. The van der Waals surface area contributed by atoms with Crippen molar-refractivity contribution in [1.29, 1.82) is 0 Å². The van der Waals surface area contributed by atoms with E-state index in [-0.39, 0.29) is 6.03 Å². The Labute approximate surface area is 135 Å². The molecule has 0 bridgehead atoms. The number of rotatable bonds is 2. The lowest BCUT2D eigenvalue weighted by molar-refractivity contribution is 0.262. The summed E-state index contributed by atoms with van der Waals surface area (Å²) in [5, 5.41) is 6.39. The van der Waals surface area contributed by atoms with Crippen molar-refractivity contribution >= 4 is 56.5 Å². The van der Waals surface area contributed by atoms with E-state index in [1.165, 1.54) is 0 Å². The zero-order valence-corrected chi connectivity index (χ0v) is 13.6. The van der Waals surface area contributed by atoms with Gasteiger partial charge in [-0.15, -0.1) is 0 Å². The molecule has 2 aromatic carbocycles. The largest absolute Gasteiger partial charge is 0.323 e. The van der Waals surface area contributed by atoms with E-state index in [1.54, 1.807) is 18.2 Å². The standard InChI is InChI=1S/C14H11BrCl2N2O/c1-8-2-3-9(15)4-13(8)19-14(20)18-12-6-10(16)5-11(17)7-12/h2-7H,1H3,(H2,18,19,20). The highest BCUT2D eigenvalue weighted by Crippen LogP contribution is 2.24. The van der Waals surface area contributed by atoms with Crippen LogP contribution in [-0.4, -0.2) is 6.03 Å². The Morgan fingerprint density at radius 3 is 2.35 bits per heavy atom. The summed E-state index contributed by atoms with van der Waals surface area (Å²) >= 11 is 15.1. The molecular weight excluding hydrogens is 363 g/mol. The van der Waals surface area contributed by atoms with Gasteiger partial charge in [0, 0.05) is 25.9 Å². The zero-order chi connectivity index (χ0) is 14.7. The lowest BCUT2D eigenvalue weighted by Crippen LogP contribution is -2.19. The van der Waals surface area contributed by atoms with E-state index >= 15 is 0 Å². The maximum Gasteiger partial charge on any atom is 0.323 e. The van der Waals surface area contributed by atoms with Crippen LogP contribution in [0.3, 0.4) is 0 Å². The molecule has 0 aliphatic heterocycles. The molecule has 2 amide bonds. The van der Waals surface area contributed by atoms with Gasteiger partial charge in [-0.25, -0.2) is 4.79 Å². The van der Waals surface area contributed by atoms with E-state index < -0.39 is 0 Å². The van der Waals surface area contributed by atoms with Crippen LogP contribution in [0, 0.1) is 6.92 Å². The van der Waals surface area contributed by atoms with Gasteiger partial charge in [-0.05, 0) is 42.8 Å². The van der Waals surface area contributed by atoms with Crippen LogP contribution in [0.15, 0.2) is 40.9 Å². The third kappa shape index (κ3) is 4.13. The molecule has 0 fully saturated rings. The molecule has 0 unspecified atom stereocenters. The number of nitrogens with one attached hydrogen (secondary N) is 2. The maximum absolute atomic E-state index is 11.9. The van der Waals surface area contributed by atoms with Gasteiger partial charge in [-0.1, -0.05) is 45.2 Å². The Hall–Kier alpha value is -1.23. The van der Waals surface area contributed by atoms with Crippen molar-refractivity contribution in [2.75, 3.05) is 10.6 Å². The number of hydrogen-bond acceptors (Lipinski definition) is 1. The van der Waals surface area contributed by atoms with Crippen LogP contribution in [0.5, 0.6) is 0 Å². The first-order valence-electron chi connectivity index (χ1n) is 5.74. The van der Waals surface area contributed by atoms with E-state index in [9.17, 15) is 4.79 Å². The quantitative estimate of drug-likeness (QED) is 0.695. The van der Waals surface area contributed by atoms with Gasteiger partial charge < -0.3 is 10.6 Å². The van der Waals surface area contributed by atoms with Gasteiger partial charge in [-0.2, -0.15) is 0 Å². The van der Waals surface area contributed by atoms with Crippen molar-refractivity contribution < 1.29 is 4.79 Å². The first-order chi connectivity index (χ1) is 9.44. The summed E-state index contributed by atoms with van der Waals surface area (Å²) in [6.45, 7) is 1.91. The van der Waals surface area contributed by atoms with E-state index in [1.807, 2.05) is 25.1 Å². The van der Waals surface area contributed by atoms with Crippen molar-refractivity contribution in [1.82, 2.24) is 0 Å². The molecule has 0 aliphatic rings. The summed E-state index contributed by atoms with van der Waals surface area (Å²) in [4.78, 5) is 11.9. The minimum atomic E-state index is -0.357. The summed E-state index contributed by atoms with van der Waals surface area (Å²) in [7, 11) is 0. The number of carbonyl (C=O) groups excluding carboxylic acids is 1. The van der Waals surface area contributed by atoms with Crippen molar-refractivity contribution in [3.8, 4) is 0 Å². The number of halogens is 3. The average Bonchev–Trinajstić information content (AvgIpc) is 2.32. The van der Waals surface area contributed by atoms with Crippen LogP contribution in [0.4, 0.5) is 16.2 Å². The Morgan fingerprint density at radius 1 is 1.05 bits per heavy atom. The van der Waals surface area contributed by atoms with Gasteiger partial charge in [0.15, 0.2) is 0 Å². The topological polar surface area (TPSA) is 41.1 Å². The molecule has 0 heterocycles. The number of aryl methyl sites for hydroxylation is 1. The van der Waals surface area contributed by atoms with E-state index in [0.717, 1.165) is 15.7 Å². The summed E-state index contributed by atoms with van der Waals surface area (Å²) in [5.74, 6) is 0. The fourth-order valence-electron chi connectivity index (χ4n) is 1.64. The molecule has 0 atom stereocenters. The Kier molecular flexibility index (Phi) is 4.91. The van der Waals surface area contributed by atoms with Gasteiger partial charge >= 0.3 is 6.03 Å². The van der Waals surface area contributed by atoms with Crippen LogP contribution in [0.2, 0.25) is 10.0 Å². The second-order valence-corrected chi connectivity index (χ2v) is 5.99. The van der Waals surface area contributed by atoms with Crippen molar-refractivity contribution in [2.45, 2.75) is 6.92 Å². The average molecular weight is 374 g/mol. The lowest BCUT2D eigenvalue weighted by Gasteiger charge is -2.11. The number of urea groups is 1. The SMILES string of the molecule is Cc1ccc(Br)cc1NC(=O)Nc1cc(Cl)cc(Cl)c1. The predicted molar refractivity (Wildman–Crippen MR) is 88.0 cm³/mol. The molecule has 0 saturated carbocycles. The third-order valence-corrected chi connectivity index (χ3v) is 3.50. The van der Waals surface area contributed by atoms with Crippen LogP contribution < -0.4 is 10.6 Å². The second-order valence-electron chi connectivity index (χ2n) is 4.20. The molecule has 0 radical (unpaired) electrons. The highest BCUT2D eigenvalue weighted by molar-refractivity contribution is 9.10. The smallest absolute Gasteiger partial charge is 0.308 e. The first-order valence-corrected chi connectivity index (χ1v) is 7.29. The summed E-state index contributed by atoms with van der Waals surface area (Å²) in [6, 6.07) is 10.2. The van der Waals surface area contributed by atoms with Gasteiger partial charge in [-0.3, -0.25) is 0 Å². The Balaban J connectivity index is 2.11. The fraction of sp³-hybridized carbons (Fsp3) is 0.0714. The van der Waals surface area contributed by atoms with Gasteiger partial charge in [0.1, 0.15) is 0 Å². The fourth-order valence-corrected chi connectivity index (χ4v) is 2.53. The van der Waals surface area contributed by atoms with E-state index in [2.05, 4.69) is 26.6 Å². The Bertz CT molecular complexity index is 641. The van der Waals surface area contributed by atoms with Gasteiger partial charge in [0.25, 0.3) is 0 Å². The van der Waals surface area contributed by atoms with E-state index in [0.29, 0.717) is 15.7 Å². The molecule has 6 heteroatoms. The van der Waals surface area contributed by atoms with E-state index in [4.69, 9.17) is 23.2 Å². The molecule has 2 N–H and O–H groups in total. The van der Waals surface area contributed by atoms with Crippen molar-refractivity contribution in [3.05, 3.63) is 56.5 Å². The van der Waals surface area contributed by atoms with Crippen molar-refractivity contribution in [2.24, 2.45) is 0 Å². The molecule has 0 aromatic heterocycles. The lowest BCUT2D eigenvalue weighted by atomic mass is 10.2. The molecule has 0 saturated heterocycles. The van der Waals surface area contributed by atoms with Crippen molar-refractivity contribution in [3.63, 3.8) is 0 Å². The minimum Gasteiger partial charge on any atom is -0.308 e. The van der Waals surface area contributed by atoms with Gasteiger partial charge in [0.05, 0.1) is 0 Å². The van der Waals surface area contributed by atoms with Crippen LogP contribution in [0.25, 0.3) is 0 Å². The molecule has 3 nitrogen and oxygen atoms in total. The molecule has 2 rings (SSSR count). The maximum atomic E-state index is 11.9. The number of anilines is 2. The third-order valence-electron chi connectivity index (χ3n) is 2.57.